The Balaban J connectivity index is 1.60. The van der Waals surface area contributed by atoms with Crippen LogP contribution in [0.4, 0.5) is 13.2 Å². The summed E-state index contributed by atoms with van der Waals surface area (Å²) in [7, 11) is 1.55. The number of furan rings is 1. The third-order valence-corrected chi connectivity index (χ3v) is 4.01. The third kappa shape index (κ3) is 4.60. The van der Waals surface area contributed by atoms with Gasteiger partial charge in [0.05, 0.1) is 19.1 Å². The highest BCUT2D eigenvalue weighted by atomic mass is 19.4. The van der Waals surface area contributed by atoms with Crippen LogP contribution in [0.3, 0.4) is 0 Å². The monoisotopic (exact) mass is 382 g/mol. The molecule has 27 heavy (non-hydrogen) atoms. The van der Waals surface area contributed by atoms with Crippen LogP contribution in [0.2, 0.25) is 0 Å². The first-order chi connectivity index (χ1) is 12.9. The first-order valence-electron chi connectivity index (χ1n) is 8.12. The van der Waals surface area contributed by atoms with Crippen molar-refractivity contribution < 1.29 is 32.0 Å². The number of hydrogen-bond acceptors (Lipinski definition) is 5. The molecule has 1 aromatic carbocycles. The Morgan fingerprint density at radius 2 is 2.19 bits per heavy atom. The number of ether oxygens (including phenoxy) is 1. The lowest BCUT2D eigenvalue weighted by atomic mass is 10.0. The summed E-state index contributed by atoms with van der Waals surface area (Å²) in [6.45, 7) is 0. The van der Waals surface area contributed by atoms with Crippen molar-refractivity contribution in [3.8, 4) is 5.75 Å². The van der Waals surface area contributed by atoms with E-state index in [1.54, 1.807) is 13.2 Å². The van der Waals surface area contributed by atoms with E-state index in [0.29, 0.717) is 17.9 Å². The molecular formula is C18H17F3N2O4. The van der Waals surface area contributed by atoms with Gasteiger partial charge in [0.1, 0.15) is 11.5 Å². The molecule has 0 fully saturated rings. The largest absolute Gasteiger partial charge is 0.497 e. The highest BCUT2D eigenvalue weighted by Crippen LogP contribution is 2.33. The summed E-state index contributed by atoms with van der Waals surface area (Å²) in [4.78, 5) is 17.3. The summed E-state index contributed by atoms with van der Waals surface area (Å²) in [5.74, 6) is -0.628. The van der Waals surface area contributed by atoms with E-state index in [2.05, 4.69) is 5.16 Å². The zero-order valence-corrected chi connectivity index (χ0v) is 14.3. The van der Waals surface area contributed by atoms with Crippen molar-refractivity contribution in [2.45, 2.75) is 31.2 Å². The average Bonchev–Trinajstić information content (AvgIpc) is 3.30. The summed E-state index contributed by atoms with van der Waals surface area (Å²) < 4.78 is 49.6. The number of methoxy groups -OCH3 is 1. The Labute approximate surface area is 152 Å². The standard InChI is InChI=1S/C18H17F3N2O4/c1-25-13-5-2-4-11(9-13)8-12-10-15(27-23-12)17(24)22-16(18(19,20)21)14-6-3-7-26-14/h2-7,9,15-16H,8,10H2,1H3,(H,22,24). The van der Waals surface area contributed by atoms with Crippen molar-refractivity contribution in [2.24, 2.45) is 5.16 Å². The van der Waals surface area contributed by atoms with Gasteiger partial charge in [-0.25, -0.2) is 0 Å². The van der Waals surface area contributed by atoms with Crippen molar-refractivity contribution in [3.63, 3.8) is 0 Å². The highest BCUT2D eigenvalue weighted by molar-refractivity contribution is 5.94. The van der Waals surface area contributed by atoms with Gasteiger partial charge in [-0.05, 0) is 29.8 Å². The number of hydrogen-bond donors (Lipinski definition) is 1. The fourth-order valence-corrected chi connectivity index (χ4v) is 2.69. The van der Waals surface area contributed by atoms with Gasteiger partial charge in [0, 0.05) is 12.8 Å². The van der Waals surface area contributed by atoms with Crippen LogP contribution in [-0.2, 0) is 16.1 Å². The van der Waals surface area contributed by atoms with Gasteiger partial charge < -0.3 is 19.3 Å². The van der Waals surface area contributed by atoms with Crippen LogP contribution in [-0.4, -0.2) is 31.0 Å². The van der Waals surface area contributed by atoms with Gasteiger partial charge in [0.25, 0.3) is 5.91 Å². The Bertz CT molecular complexity index is 818. The number of alkyl halides is 3. The third-order valence-electron chi connectivity index (χ3n) is 4.01. The van der Waals surface area contributed by atoms with Gasteiger partial charge in [-0.15, -0.1) is 0 Å². The summed E-state index contributed by atoms with van der Waals surface area (Å²) in [5, 5.41) is 5.76. The predicted molar refractivity (Wildman–Crippen MR) is 89.3 cm³/mol. The molecule has 144 valence electrons. The lowest BCUT2D eigenvalue weighted by molar-refractivity contribution is -0.169. The molecule has 0 bridgehead atoms. The maximum atomic E-state index is 13.2. The van der Waals surface area contributed by atoms with Crippen LogP contribution in [0.15, 0.2) is 52.2 Å². The number of carbonyl (C=O) groups is 1. The molecule has 1 N–H and O–H groups in total. The molecule has 0 spiro atoms. The lowest BCUT2D eigenvalue weighted by Crippen LogP contribution is -2.43. The predicted octanol–water partition coefficient (Wildman–Crippen LogP) is 3.40. The number of amides is 1. The molecule has 0 radical (unpaired) electrons. The zero-order chi connectivity index (χ0) is 19.4. The molecule has 1 aliphatic heterocycles. The molecule has 2 unspecified atom stereocenters. The molecule has 2 heterocycles. The number of benzene rings is 1. The molecule has 2 aromatic rings. The number of halogens is 3. The molecule has 1 aliphatic rings. The molecule has 1 amide bonds. The average molecular weight is 382 g/mol. The van der Waals surface area contributed by atoms with Crippen LogP contribution in [0.25, 0.3) is 0 Å². The number of carbonyl (C=O) groups excluding carboxylic acids is 1. The minimum atomic E-state index is -4.70. The minimum Gasteiger partial charge on any atom is -0.497 e. The maximum Gasteiger partial charge on any atom is 0.415 e. The molecule has 0 aliphatic carbocycles. The molecule has 3 rings (SSSR count). The first-order valence-corrected chi connectivity index (χ1v) is 8.12. The van der Waals surface area contributed by atoms with E-state index in [1.807, 2.05) is 23.5 Å². The summed E-state index contributed by atoms with van der Waals surface area (Å²) in [5.41, 5.74) is 1.45. The molecule has 0 saturated carbocycles. The number of nitrogens with zero attached hydrogens (tertiary/aromatic N) is 1. The summed E-state index contributed by atoms with van der Waals surface area (Å²) in [6, 6.07) is 7.50. The van der Waals surface area contributed by atoms with Crippen molar-refractivity contribution >= 4 is 11.6 Å². The van der Waals surface area contributed by atoms with E-state index < -0.39 is 30.0 Å². The van der Waals surface area contributed by atoms with Crippen molar-refractivity contribution in [2.75, 3.05) is 7.11 Å². The fraction of sp³-hybridized carbons (Fsp3) is 0.333. The van der Waals surface area contributed by atoms with Gasteiger partial charge in [0.15, 0.2) is 6.04 Å². The van der Waals surface area contributed by atoms with Crippen molar-refractivity contribution in [1.82, 2.24) is 5.32 Å². The normalized spacial score (nSPS) is 17.8. The van der Waals surface area contributed by atoms with Gasteiger partial charge >= 0.3 is 6.18 Å². The smallest absolute Gasteiger partial charge is 0.415 e. The molecule has 0 saturated heterocycles. The van der Waals surface area contributed by atoms with Crippen LogP contribution < -0.4 is 10.1 Å². The number of nitrogens with one attached hydrogen (secondary N) is 1. The quantitative estimate of drug-likeness (QED) is 0.831. The Morgan fingerprint density at radius 1 is 1.37 bits per heavy atom. The molecular weight excluding hydrogens is 365 g/mol. The van der Waals surface area contributed by atoms with Crippen molar-refractivity contribution in [1.29, 1.82) is 0 Å². The Morgan fingerprint density at radius 3 is 2.85 bits per heavy atom. The zero-order valence-electron chi connectivity index (χ0n) is 14.3. The van der Waals surface area contributed by atoms with E-state index in [-0.39, 0.29) is 6.42 Å². The number of rotatable bonds is 6. The second-order valence-electron chi connectivity index (χ2n) is 5.98. The van der Waals surface area contributed by atoms with Gasteiger partial charge in [-0.1, -0.05) is 17.3 Å². The van der Waals surface area contributed by atoms with Crippen molar-refractivity contribution in [3.05, 3.63) is 54.0 Å². The van der Waals surface area contributed by atoms with Gasteiger partial charge in [-0.3, -0.25) is 4.79 Å². The van der Waals surface area contributed by atoms with Crippen LogP contribution in [0.5, 0.6) is 5.75 Å². The first kappa shape index (κ1) is 18.8. The molecule has 1 aromatic heterocycles. The van der Waals surface area contributed by atoms with E-state index in [1.165, 1.54) is 6.07 Å². The van der Waals surface area contributed by atoms with Crippen LogP contribution in [0.1, 0.15) is 23.8 Å². The lowest BCUT2D eigenvalue weighted by Gasteiger charge is -2.20. The minimum absolute atomic E-state index is 0.103. The van der Waals surface area contributed by atoms with E-state index in [4.69, 9.17) is 14.0 Å². The van der Waals surface area contributed by atoms with Gasteiger partial charge in [0.2, 0.25) is 6.10 Å². The van der Waals surface area contributed by atoms with Crippen LogP contribution in [0, 0.1) is 0 Å². The second kappa shape index (κ2) is 7.73. The SMILES string of the molecule is COc1cccc(CC2=NOC(C(=O)NC(c3ccco3)C(F)(F)F)C2)c1. The Hall–Kier alpha value is -2.97. The second-order valence-corrected chi connectivity index (χ2v) is 5.98. The molecule has 9 heteroatoms. The fourth-order valence-electron chi connectivity index (χ4n) is 2.69. The van der Waals surface area contributed by atoms with E-state index >= 15 is 0 Å². The highest BCUT2D eigenvalue weighted by Gasteiger charge is 2.45. The topological polar surface area (TPSA) is 73.1 Å². The summed E-state index contributed by atoms with van der Waals surface area (Å²) >= 11 is 0. The van der Waals surface area contributed by atoms with E-state index in [9.17, 15) is 18.0 Å². The summed E-state index contributed by atoms with van der Waals surface area (Å²) in [6.07, 6.45) is -4.20. The molecule has 2 atom stereocenters. The number of oxime groups is 1. The van der Waals surface area contributed by atoms with Gasteiger partial charge in [-0.2, -0.15) is 13.2 Å². The Kier molecular flexibility index (Phi) is 5.38. The molecule has 6 nitrogen and oxygen atoms in total. The van der Waals surface area contributed by atoms with E-state index in [0.717, 1.165) is 17.9 Å². The van der Waals surface area contributed by atoms with Crippen LogP contribution >= 0.6 is 0 Å². The maximum absolute atomic E-state index is 13.2.